The van der Waals surface area contributed by atoms with Crippen LogP contribution in [0.2, 0.25) is 0 Å². The zero-order valence-electron chi connectivity index (χ0n) is 13.1. The third-order valence-electron chi connectivity index (χ3n) is 3.60. The van der Waals surface area contributed by atoms with E-state index in [4.69, 9.17) is 0 Å². The van der Waals surface area contributed by atoms with E-state index in [1.54, 1.807) is 0 Å². The molecule has 0 aliphatic heterocycles. The minimum Gasteiger partial charge on any atom is -0.274 e. The number of H-pyrrole nitrogens is 1. The summed E-state index contributed by atoms with van der Waals surface area (Å²) in [6, 6.07) is 12.2. The lowest BCUT2D eigenvalue weighted by Crippen LogP contribution is -2.29. The summed E-state index contributed by atoms with van der Waals surface area (Å²) in [5.74, 6) is -0.444. The van der Waals surface area contributed by atoms with E-state index < -0.39 is 26.9 Å². The van der Waals surface area contributed by atoms with Gasteiger partial charge in [-0.05, 0) is 54.1 Å². The maximum Gasteiger partial charge on any atom is 0.333 e. The van der Waals surface area contributed by atoms with Gasteiger partial charge in [-0.3, -0.25) is 14.3 Å². The van der Waals surface area contributed by atoms with E-state index >= 15 is 0 Å². The van der Waals surface area contributed by atoms with E-state index in [2.05, 4.69) is 4.98 Å². The first-order valence-corrected chi connectivity index (χ1v) is 9.08. The van der Waals surface area contributed by atoms with Crippen LogP contribution in [-0.4, -0.2) is 24.2 Å². The highest BCUT2D eigenvalue weighted by molar-refractivity contribution is 7.90. The number of benzene rings is 2. The van der Waals surface area contributed by atoms with Crippen molar-refractivity contribution in [2.45, 2.75) is 4.90 Å². The second kappa shape index (κ2) is 6.14. The average Bonchev–Trinajstić information content (AvgIpc) is 2.54. The Bertz CT molecular complexity index is 1140. The van der Waals surface area contributed by atoms with Crippen molar-refractivity contribution in [2.24, 2.45) is 0 Å². The first-order chi connectivity index (χ1) is 11.8. The highest BCUT2D eigenvalue weighted by atomic mass is 32.2. The van der Waals surface area contributed by atoms with Gasteiger partial charge in [0.25, 0.3) is 5.56 Å². The molecule has 8 heteroatoms. The molecular weight excluding hydrogens is 347 g/mol. The first-order valence-electron chi connectivity index (χ1n) is 7.18. The van der Waals surface area contributed by atoms with Crippen molar-refractivity contribution in [1.82, 2.24) is 9.55 Å². The molecule has 0 bridgehead atoms. The van der Waals surface area contributed by atoms with Crippen LogP contribution in [0.5, 0.6) is 0 Å². The Hall–Kier alpha value is -3.00. The number of rotatable bonds is 3. The quantitative estimate of drug-likeness (QED) is 0.770. The van der Waals surface area contributed by atoms with E-state index in [9.17, 15) is 22.4 Å². The van der Waals surface area contributed by atoms with Crippen LogP contribution in [0, 0.1) is 5.82 Å². The second-order valence-electron chi connectivity index (χ2n) is 5.43. The monoisotopic (exact) mass is 360 g/mol. The molecule has 0 fully saturated rings. The molecule has 25 heavy (non-hydrogen) atoms. The Morgan fingerprint density at radius 1 is 0.960 bits per heavy atom. The molecule has 0 atom stereocenters. The smallest absolute Gasteiger partial charge is 0.274 e. The van der Waals surface area contributed by atoms with E-state index in [1.165, 1.54) is 59.2 Å². The lowest BCUT2D eigenvalue weighted by molar-refractivity contribution is 0.602. The highest BCUT2D eigenvalue weighted by Gasteiger charge is 2.12. The Labute approximate surface area is 142 Å². The van der Waals surface area contributed by atoms with Gasteiger partial charge in [-0.1, -0.05) is 0 Å². The summed E-state index contributed by atoms with van der Waals surface area (Å²) in [6.07, 6.45) is 1.08. The van der Waals surface area contributed by atoms with Crippen LogP contribution in [-0.2, 0) is 9.84 Å². The SMILES string of the molecule is CS(=O)(=O)c1ccc(-n2c(-c3ccc(F)cc3)cc(=O)[nH]c2=O)cc1. The molecule has 0 unspecified atom stereocenters. The minimum absolute atomic E-state index is 0.108. The fraction of sp³-hybridized carbons (Fsp3) is 0.0588. The molecule has 0 aliphatic carbocycles. The molecule has 3 rings (SSSR count). The number of aromatic amines is 1. The van der Waals surface area contributed by atoms with Gasteiger partial charge < -0.3 is 0 Å². The fourth-order valence-electron chi connectivity index (χ4n) is 2.43. The molecule has 0 spiro atoms. The molecule has 1 heterocycles. The summed E-state index contributed by atoms with van der Waals surface area (Å²) >= 11 is 0. The molecule has 1 aromatic heterocycles. The zero-order chi connectivity index (χ0) is 18.2. The Balaban J connectivity index is 2.24. The van der Waals surface area contributed by atoms with Gasteiger partial charge >= 0.3 is 5.69 Å². The molecule has 0 saturated heterocycles. The van der Waals surface area contributed by atoms with E-state index in [-0.39, 0.29) is 10.6 Å². The van der Waals surface area contributed by atoms with Gasteiger partial charge in [-0.2, -0.15) is 0 Å². The number of nitrogens with one attached hydrogen (secondary N) is 1. The first kappa shape index (κ1) is 16.8. The predicted molar refractivity (Wildman–Crippen MR) is 91.2 cm³/mol. The van der Waals surface area contributed by atoms with Crippen LogP contribution < -0.4 is 11.2 Å². The van der Waals surface area contributed by atoms with Gasteiger partial charge in [0, 0.05) is 12.3 Å². The molecule has 2 aromatic carbocycles. The molecule has 3 aromatic rings. The molecule has 0 saturated carbocycles. The minimum atomic E-state index is -3.37. The Morgan fingerprint density at radius 2 is 1.56 bits per heavy atom. The van der Waals surface area contributed by atoms with Crippen LogP contribution >= 0.6 is 0 Å². The summed E-state index contributed by atoms with van der Waals surface area (Å²) in [7, 11) is -3.37. The largest absolute Gasteiger partial charge is 0.333 e. The maximum absolute atomic E-state index is 13.1. The Kier molecular flexibility index (Phi) is 4.13. The molecule has 0 aliphatic rings. The third-order valence-corrected chi connectivity index (χ3v) is 4.73. The molecule has 0 radical (unpaired) electrons. The van der Waals surface area contributed by atoms with Crippen LogP contribution in [0.25, 0.3) is 16.9 Å². The molecule has 0 amide bonds. The van der Waals surface area contributed by atoms with Gasteiger partial charge in [-0.25, -0.2) is 17.6 Å². The van der Waals surface area contributed by atoms with Gasteiger partial charge in [0.15, 0.2) is 9.84 Å². The standard InChI is InChI=1S/C17H13FN2O4S/c1-25(23,24)14-8-6-13(7-9-14)20-15(10-16(21)19-17(20)22)11-2-4-12(18)5-3-11/h2-10H,1H3,(H,19,21,22). The van der Waals surface area contributed by atoms with Crippen molar-refractivity contribution in [3.8, 4) is 16.9 Å². The van der Waals surface area contributed by atoms with E-state index in [0.29, 0.717) is 11.3 Å². The summed E-state index contributed by atoms with van der Waals surface area (Å²) < 4.78 is 37.5. The molecule has 6 nitrogen and oxygen atoms in total. The zero-order valence-corrected chi connectivity index (χ0v) is 13.9. The number of sulfone groups is 1. The lowest BCUT2D eigenvalue weighted by Gasteiger charge is -2.12. The second-order valence-corrected chi connectivity index (χ2v) is 7.45. The highest BCUT2D eigenvalue weighted by Crippen LogP contribution is 2.21. The van der Waals surface area contributed by atoms with Gasteiger partial charge in [0.2, 0.25) is 0 Å². The van der Waals surface area contributed by atoms with Gasteiger partial charge in [-0.15, -0.1) is 0 Å². The van der Waals surface area contributed by atoms with E-state index in [0.717, 1.165) is 6.26 Å². The van der Waals surface area contributed by atoms with Crippen LogP contribution in [0.15, 0.2) is 69.1 Å². The lowest BCUT2D eigenvalue weighted by atomic mass is 10.1. The maximum atomic E-state index is 13.1. The summed E-state index contributed by atoms with van der Waals surface area (Å²) in [4.78, 5) is 26.3. The molecule has 128 valence electrons. The van der Waals surface area contributed by atoms with Gasteiger partial charge in [0.05, 0.1) is 16.3 Å². The fourth-order valence-corrected chi connectivity index (χ4v) is 3.06. The average molecular weight is 360 g/mol. The van der Waals surface area contributed by atoms with Crippen molar-refractivity contribution in [3.63, 3.8) is 0 Å². The number of halogens is 1. The summed E-state index contributed by atoms with van der Waals surface area (Å²) in [5.41, 5.74) is -0.169. The van der Waals surface area contributed by atoms with Crippen molar-refractivity contribution in [3.05, 3.63) is 81.3 Å². The Morgan fingerprint density at radius 3 is 2.12 bits per heavy atom. The van der Waals surface area contributed by atoms with Crippen molar-refractivity contribution >= 4 is 9.84 Å². The topological polar surface area (TPSA) is 89.0 Å². The summed E-state index contributed by atoms with van der Waals surface area (Å²) in [6.45, 7) is 0. The number of aromatic nitrogens is 2. The normalized spacial score (nSPS) is 11.4. The van der Waals surface area contributed by atoms with Crippen molar-refractivity contribution in [1.29, 1.82) is 0 Å². The third kappa shape index (κ3) is 3.43. The number of hydrogen-bond donors (Lipinski definition) is 1. The molecule has 1 N–H and O–H groups in total. The van der Waals surface area contributed by atoms with Crippen LogP contribution in [0.1, 0.15) is 0 Å². The van der Waals surface area contributed by atoms with Gasteiger partial charge in [0.1, 0.15) is 5.82 Å². The van der Waals surface area contributed by atoms with Crippen molar-refractivity contribution < 1.29 is 12.8 Å². The summed E-state index contributed by atoms with van der Waals surface area (Å²) in [5, 5.41) is 0. The van der Waals surface area contributed by atoms with E-state index in [1.807, 2.05) is 0 Å². The van der Waals surface area contributed by atoms with Crippen molar-refractivity contribution in [2.75, 3.05) is 6.26 Å². The number of hydrogen-bond acceptors (Lipinski definition) is 4. The number of nitrogens with zero attached hydrogens (tertiary/aromatic N) is 1. The molecular formula is C17H13FN2O4S. The van der Waals surface area contributed by atoms with Crippen LogP contribution in [0.3, 0.4) is 0 Å². The predicted octanol–water partition coefficient (Wildman–Crippen LogP) is 1.74. The van der Waals surface area contributed by atoms with Crippen LogP contribution in [0.4, 0.5) is 4.39 Å².